The van der Waals surface area contributed by atoms with Gasteiger partial charge in [-0.15, -0.1) is 0 Å². The molecule has 1 unspecified atom stereocenters. The van der Waals surface area contributed by atoms with Crippen molar-refractivity contribution in [3.63, 3.8) is 0 Å². The molecule has 1 N–H and O–H groups in total. The number of methoxy groups -OCH3 is 1. The third-order valence-electron chi connectivity index (χ3n) is 5.43. The average Bonchev–Trinajstić information content (AvgIpc) is 2.98. The Morgan fingerprint density at radius 3 is 2.80 bits per heavy atom. The van der Waals surface area contributed by atoms with E-state index in [4.69, 9.17) is 19.7 Å². The second kappa shape index (κ2) is 6.23. The summed E-state index contributed by atoms with van der Waals surface area (Å²) >= 11 is 0. The lowest BCUT2D eigenvalue weighted by atomic mass is 9.85. The number of piperidine rings is 1. The predicted molar refractivity (Wildman–Crippen MR) is 103 cm³/mol. The van der Waals surface area contributed by atoms with Crippen molar-refractivity contribution in [3.8, 4) is 5.75 Å². The number of benzene rings is 1. The van der Waals surface area contributed by atoms with Crippen LogP contribution in [0.1, 0.15) is 32.3 Å². The number of aliphatic imine (C=N–C) groups is 3. The number of hydrogen-bond donors (Lipinski definition) is 1. The van der Waals surface area contributed by atoms with Gasteiger partial charge in [0.15, 0.2) is 5.66 Å². The van der Waals surface area contributed by atoms with Gasteiger partial charge in [0.25, 0.3) is 0 Å². The largest absolute Gasteiger partial charge is 0.497 e. The quantitative estimate of drug-likeness (QED) is 0.922. The highest BCUT2D eigenvalue weighted by molar-refractivity contribution is 6.69. The van der Waals surface area contributed by atoms with Crippen molar-refractivity contribution in [2.75, 3.05) is 20.2 Å². The van der Waals surface area contributed by atoms with Crippen LogP contribution in [0.5, 0.6) is 5.75 Å². The molecule has 1 aromatic rings. The summed E-state index contributed by atoms with van der Waals surface area (Å²) in [6.07, 6.45) is 4.15. The van der Waals surface area contributed by atoms with Gasteiger partial charge in [0.1, 0.15) is 11.5 Å². The van der Waals surface area contributed by atoms with E-state index in [1.54, 1.807) is 7.11 Å². The Labute approximate surface area is 148 Å². The fourth-order valence-electron chi connectivity index (χ4n) is 3.86. The zero-order valence-corrected chi connectivity index (χ0v) is 15.0. The molecule has 5 heteroatoms. The number of ether oxygens (including phenoxy) is 1. The van der Waals surface area contributed by atoms with Gasteiger partial charge in [-0.25, -0.2) is 4.99 Å². The lowest BCUT2D eigenvalue weighted by Gasteiger charge is -2.36. The number of nitrogens with zero attached hydrogens (tertiary/aromatic N) is 3. The predicted octanol–water partition coefficient (Wildman–Crippen LogP) is 3.12. The van der Waals surface area contributed by atoms with Crippen LogP contribution in [-0.2, 0) is 0 Å². The summed E-state index contributed by atoms with van der Waals surface area (Å²) in [5, 5.41) is 3.42. The Morgan fingerprint density at radius 1 is 1.24 bits per heavy atom. The van der Waals surface area contributed by atoms with E-state index >= 15 is 0 Å². The van der Waals surface area contributed by atoms with Crippen LogP contribution in [0.4, 0.5) is 0 Å². The summed E-state index contributed by atoms with van der Waals surface area (Å²) < 4.78 is 5.35. The second-order valence-corrected chi connectivity index (χ2v) is 7.04. The topological polar surface area (TPSA) is 58.3 Å². The van der Waals surface area contributed by atoms with Gasteiger partial charge in [0.05, 0.1) is 24.7 Å². The lowest BCUT2D eigenvalue weighted by Crippen LogP contribution is -2.42. The van der Waals surface area contributed by atoms with Crippen LogP contribution >= 0.6 is 0 Å². The van der Waals surface area contributed by atoms with E-state index < -0.39 is 0 Å². The summed E-state index contributed by atoms with van der Waals surface area (Å²) in [6.45, 7) is 6.35. The first kappa shape index (κ1) is 16.2. The maximum absolute atomic E-state index is 5.35. The van der Waals surface area contributed by atoms with Gasteiger partial charge in [-0.3, -0.25) is 9.98 Å². The van der Waals surface area contributed by atoms with Crippen LogP contribution in [0.25, 0.3) is 5.70 Å². The van der Waals surface area contributed by atoms with Crippen LogP contribution in [-0.4, -0.2) is 43.5 Å². The molecule has 0 spiro atoms. The van der Waals surface area contributed by atoms with E-state index in [1.807, 2.05) is 24.4 Å². The first-order chi connectivity index (χ1) is 12.1. The Balaban J connectivity index is 1.71. The fraction of sp³-hybridized carbons (Fsp3) is 0.450. The van der Waals surface area contributed by atoms with Gasteiger partial charge >= 0.3 is 0 Å². The van der Waals surface area contributed by atoms with Gasteiger partial charge < -0.3 is 10.1 Å². The molecule has 1 fully saturated rings. The van der Waals surface area contributed by atoms with Crippen molar-refractivity contribution in [1.29, 1.82) is 0 Å². The van der Waals surface area contributed by atoms with Crippen molar-refractivity contribution >= 4 is 23.3 Å². The van der Waals surface area contributed by atoms with Gasteiger partial charge in [-0.2, -0.15) is 0 Å². The van der Waals surface area contributed by atoms with E-state index in [0.29, 0.717) is 5.92 Å². The maximum Gasteiger partial charge on any atom is 0.151 e. The van der Waals surface area contributed by atoms with Crippen LogP contribution in [0.3, 0.4) is 0 Å². The monoisotopic (exact) mass is 336 g/mol. The van der Waals surface area contributed by atoms with Gasteiger partial charge in [-0.05, 0) is 51.9 Å². The van der Waals surface area contributed by atoms with E-state index in [2.05, 4.69) is 25.2 Å². The van der Waals surface area contributed by atoms with E-state index in [0.717, 1.165) is 59.9 Å². The Hall–Kier alpha value is -2.27. The highest BCUT2D eigenvalue weighted by Gasteiger charge is 2.38. The number of nitrogens with one attached hydrogen (secondary N) is 1. The Kier molecular flexibility index (Phi) is 4.04. The first-order valence-electron chi connectivity index (χ1n) is 8.91. The van der Waals surface area contributed by atoms with Crippen molar-refractivity contribution < 1.29 is 4.74 Å². The molecule has 1 aromatic carbocycles. The molecule has 0 aromatic heterocycles. The minimum absolute atomic E-state index is 0.373. The molecule has 3 heterocycles. The van der Waals surface area contributed by atoms with E-state index in [-0.39, 0.29) is 5.66 Å². The highest BCUT2D eigenvalue weighted by atomic mass is 16.5. The minimum atomic E-state index is -0.373. The average molecular weight is 336 g/mol. The molecule has 1 saturated heterocycles. The molecule has 1 atom stereocenters. The summed E-state index contributed by atoms with van der Waals surface area (Å²) in [5.74, 6) is 1.32. The highest BCUT2D eigenvalue weighted by Crippen LogP contribution is 2.36. The minimum Gasteiger partial charge on any atom is -0.497 e. The van der Waals surface area contributed by atoms with Gasteiger partial charge in [0, 0.05) is 17.1 Å². The number of allylic oxidation sites excluding steroid dienone is 1. The van der Waals surface area contributed by atoms with Crippen molar-refractivity contribution in [1.82, 2.24) is 5.32 Å². The number of hydrogen-bond acceptors (Lipinski definition) is 5. The summed E-state index contributed by atoms with van der Waals surface area (Å²) in [5.41, 5.74) is 4.64. The van der Waals surface area contributed by atoms with Crippen LogP contribution in [0.2, 0.25) is 0 Å². The molecular weight excluding hydrogens is 312 g/mol. The SMILES string of the molecule is COc1cccc(C2=C(C)C3=NC(C)(C4CCNCC4)N=CC3=N2)c1. The van der Waals surface area contributed by atoms with E-state index in [9.17, 15) is 0 Å². The standard InChI is InChI=1S/C20H24N4O/c1-13-18(14-5-4-6-16(11-14)25-3)23-17-12-22-20(2,24-19(13)17)15-7-9-21-10-8-15/h4-6,11-12,15,21H,7-10H2,1-3H3. The van der Waals surface area contributed by atoms with Crippen LogP contribution < -0.4 is 10.1 Å². The van der Waals surface area contributed by atoms with Crippen LogP contribution in [0.15, 0.2) is 44.8 Å². The smallest absolute Gasteiger partial charge is 0.151 e. The van der Waals surface area contributed by atoms with Gasteiger partial charge in [0.2, 0.25) is 0 Å². The van der Waals surface area contributed by atoms with Crippen LogP contribution in [0, 0.1) is 5.92 Å². The molecular formula is C20H24N4O. The molecule has 0 radical (unpaired) electrons. The molecule has 0 amide bonds. The van der Waals surface area contributed by atoms with Crippen molar-refractivity contribution in [2.45, 2.75) is 32.4 Å². The molecule has 0 aliphatic carbocycles. The molecule has 0 bridgehead atoms. The Bertz CT molecular complexity index is 815. The van der Waals surface area contributed by atoms with E-state index in [1.165, 1.54) is 0 Å². The summed E-state index contributed by atoms with van der Waals surface area (Å²) in [6, 6.07) is 8.02. The first-order valence-corrected chi connectivity index (χ1v) is 8.91. The molecule has 0 saturated carbocycles. The summed E-state index contributed by atoms with van der Waals surface area (Å²) in [7, 11) is 1.68. The number of fused-ring (bicyclic) bond motifs is 1. The molecule has 25 heavy (non-hydrogen) atoms. The third-order valence-corrected chi connectivity index (χ3v) is 5.43. The maximum atomic E-state index is 5.35. The molecule has 3 aliphatic heterocycles. The summed E-state index contributed by atoms with van der Waals surface area (Å²) in [4.78, 5) is 14.7. The molecule has 5 nitrogen and oxygen atoms in total. The Morgan fingerprint density at radius 2 is 2.04 bits per heavy atom. The zero-order valence-electron chi connectivity index (χ0n) is 15.0. The zero-order chi connectivity index (χ0) is 17.4. The molecule has 4 rings (SSSR count). The third kappa shape index (κ3) is 2.82. The second-order valence-electron chi connectivity index (χ2n) is 7.04. The van der Waals surface area contributed by atoms with Crippen molar-refractivity contribution in [3.05, 3.63) is 35.4 Å². The normalized spacial score (nSPS) is 26.4. The number of rotatable bonds is 3. The fourth-order valence-corrected chi connectivity index (χ4v) is 3.86. The van der Waals surface area contributed by atoms with Gasteiger partial charge in [-0.1, -0.05) is 12.1 Å². The lowest BCUT2D eigenvalue weighted by molar-refractivity contribution is 0.243. The molecule has 130 valence electrons. The molecule has 3 aliphatic rings. The van der Waals surface area contributed by atoms with Crippen molar-refractivity contribution in [2.24, 2.45) is 20.9 Å².